The van der Waals surface area contributed by atoms with Crippen molar-refractivity contribution in [2.24, 2.45) is 0 Å². The van der Waals surface area contributed by atoms with Gasteiger partial charge in [-0.2, -0.15) is 0 Å². The van der Waals surface area contributed by atoms with Crippen LogP contribution in [0.3, 0.4) is 0 Å². The lowest BCUT2D eigenvalue weighted by Gasteiger charge is -2.06. The van der Waals surface area contributed by atoms with E-state index in [4.69, 9.17) is 4.42 Å². The molecule has 0 aliphatic rings. The Balaban J connectivity index is 1.65. The fourth-order valence-corrected chi connectivity index (χ4v) is 3.47. The van der Waals surface area contributed by atoms with Gasteiger partial charge in [0.1, 0.15) is 17.8 Å². The van der Waals surface area contributed by atoms with Crippen LogP contribution < -0.4 is 5.32 Å². The smallest absolute Gasteiger partial charge is 0.239 e. The van der Waals surface area contributed by atoms with Crippen LogP contribution in [0.2, 0.25) is 0 Å². The highest BCUT2D eigenvalue weighted by atomic mass is 32.2. The van der Waals surface area contributed by atoms with Gasteiger partial charge in [-0.25, -0.2) is 17.8 Å². The van der Waals surface area contributed by atoms with E-state index in [1.165, 1.54) is 30.5 Å². The molecule has 0 fully saturated rings. The van der Waals surface area contributed by atoms with Gasteiger partial charge in [0.05, 0.1) is 17.1 Å². The molecule has 0 radical (unpaired) electrons. The summed E-state index contributed by atoms with van der Waals surface area (Å²) in [5, 5.41) is 2.25. The molecule has 6 nitrogen and oxygen atoms in total. The van der Waals surface area contributed by atoms with E-state index < -0.39 is 33.1 Å². The highest BCUT2D eigenvalue weighted by Crippen LogP contribution is 2.19. The normalized spacial score (nSPS) is 11.3. The fraction of sp³-hybridized carbons (Fsp3) is 0.111. The molecule has 0 saturated heterocycles. The average molecular weight is 374 g/mol. The van der Waals surface area contributed by atoms with Crippen LogP contribution in [-0.4, -0.2) is 25.1 Å². The van der Waals surface area contributed by atoms with Gasteiger partial charge in [-0.05, 0) is 24.3 Å². The van der Waals surface area contributed by atoms with Crippen molar-refractivity contribution in [2.75, 3.05) is 11.1 Å². The van der Waals surface area contributed by atoms with Gasteiger partial charge in [0.25, 0.3) is 0 Å². The predicted octanol–water partition coefficient (Wildman–Crippen LogP) is 3.03. The van der Waals surface area contributed by atoms with Gasteiger partial charge in [0.2, 0.25) is 11.8 Å². The third kappa shape index (κ3) is 4.54. The molecule has 1 N–H and O–H groups in total. The number of nitrogens with one attached hydrogen (secondary N) is 1. The van der Waals surface area contributed by atoms with Crippen LogP contribution in [0.25, 0.3) is 11.5 Å². The highest BCUT2D eigenvalue weighted by molar-refractivity contribution is 7.91. The molecule has 0 saturated carbocycles. The monoisotopic (exact) mass is 374 g/mol. The molecule has 1 heterocycles. The minimum Gasteiger partial charge on any atom is -0.444 e. The van der Waals surface area contributed by atoms with Crippen molar-refractivity contribution in [1.29, 1.82) is 0 Å². The van der Waals surface area contributed by atoms with Crippen molar-refractivity contribution >= 4 is 21.4 Å². The average Bonchev–Trinajstić information content (AvgIpc) is 3.05. The number of oxazole rings is 1. The molecular formula is C18H15FN2O4S. The molecule has 134 valence electrons. The van der Waals surface area contributed by atoms with Gasteiger partial charge in [-0.3, -0.25) is 4.79 Å². The number of carbonyl (C=O) groups excluding carboxylic acids is 1. The second kappa shape index (κ2) is 7.49. The zero-order valence-corrected chi connectivity index (χ0v) is 14.4. The lowest BCUT2D eigenvalue weighted by atomic mass is 10.2. The SMILES string of the molecule is O=C(CS(=O)(=O)Cc1coc(-c2ccccc2)n1)Nc1ccccc1F. The Morgan fingerprint density at radius 2 is 1.77 bits per heavy atom. The van der Waals surface area contributed by atoms with Crippen molar-refractivity contribution in [3.63, 3.8) is 0 Å². The summed E-state index contributed by atoms with van der Waals surface area (Å²) in [6.07, 6.45) is 1.24. The summed E-state index contributed by atoms with van der Waals surface area (Å²) in [5.74, 6) is -2.39. The topological polar surface area (TPSA) is 89.3 Å². The van der Waals surface area contributed by atoms with Gasteiger partial charge in [-0.1, -0.05) is 30.3 Å². The van der Waals surface area contributed by atoms with Crippen molar-refractivity contribution in [2.45, 2.75) is 5.75 Å². The summed E-state index contributed by atoms with van der Waals surface area (Å²) in [5.41, 5.74) is 0.844. The van der Waals surface area contributed by atoms with Crippen LogP contribution >= 0.6 is 0 Å². The summed E-state index contributed by atoms with van der Waals surface area (Å²) < 4.78 is 43.2. The number of rotatable bonds is 6. The van der Waals surface area contributed by atoms with Gasteiger partial charge in [-0.15, -0.1) is 0 Å². The molecule has 0 aliphatic heterocycles. The molecule has 2 aromatic carbocycles. The maximum Gasteiger partial charge on any atom is 0.239 e. The first-order valence-electron chi connectivity index (χ1n) is 7.67. The molecule has 0 spiro atoms. The van der Waals surface area contributed by atoms with Crippen molar-refractivity contribution in [1.82, 2.24) is 4.98 Å². The summed E-state index contributed by atoms with van der Waals surface area (Å²) in [4.78, 5) is 16.0. The number of anilines is 1. The molecule has 3 rings (SSSR count). The third-order valence-corrected chi connectivity index (χ3v) is 4.88. The Hall–Kier alpha value is -3.00. The van der Waals surface area contributed by atoms with E-state index >= 15 is 0 Å². The molecule has 0 aliphatic carbocycles. The quantitative estimate of drug-likeness (QED) is 0.716. The van der Waals surface area contributed by atoms with Crippen LogP contribution in [0, 0.1) is 5.82 Å². The lowest BCUT2D eigenvalue weighted by Crippen LogP contribution is -2.24. The number of benzene rings is 2. The van der Waals surface area contributed by atoms with Crippen molar-refractivity contribution < 1.29 is 22.0 Å². The summed E-state index contributed by atoms with van der Waals surface area (Å²) in [7, 11) is -3.79. The van der Waals surface area contributed by atoms with Crippen LogP contribution in [0.5, 0.6) is 0 Å². The van der Waals surface area contributed by atoms with E-state index in [0.717, 1.165) is 0 Å². The van der Waals surface area contributed by atoms with E-state index in [1.54, 1.807) is 12.1 Å². The van der Waals surface area contributed by atoms with E-state index in [0.29, 0.717) is 11.5 Å². The highest BCUT2D eigenvalue weighted by Gasteiger charge is 2.20. The number of halogens is 1. The number of amides is 1. The van der Waals surface area contributed by atoms with E-state index in [1.807, 2.05) is 18.2 Å². The Morgan fingerprint density at radius 1 is 1.08 bits per heavy atom. The lowest BCUT2D eigenvalue weighted by molar-refractivity contribution is -0.113. The van der Waals surface area contributed by atoms with E-state index in [9.17, 15) is 17.6 Å². The molecule has 1 amide bonds. The first-order chi connectivity index (χ1) is 12.4. The van der Waals surface area contributed by atoms with Crippen LogP contribution in [0.4, 0.5) is 10.1 Å². The van der Waals surface area contributed by atoms with E-state index in [-0.39, 0.29) is 11.4 Å². The second-order valence-corrected chi connectivity index (χ2v) is 7.63. The molecule has 3 aromatic rings. The predicted molar refractivity (Wildman–Crippen MR) is 94.5 cm³/mol. The summed E-state index contributed by atoms with van der Waals surface area (Å²) in [6, 6.07) is 14.6. The molecule has 0 bridgehead atoms. The first kappa shape index (κ1) is 17.8. The number of aromatic nitrogens is 1. The zero-order valence-electron chi connectivity index (χ0n) is 13.6. The number of carbonyl (C=O) groups is 1. The van der Waals surface area contributed by atoms with Crippen LogP contribution in [-0.2, 0) is 20.4 Å². The van der Waals surface area contributed by atoms with E-state index in [2.05, 4.69) is 10.3 Å². The fourth-order valence-electron chi connectivity index (χ4n) is 2.31. The van der Waals surface area contributed by atoms with Gasteiger partial charge in [0.15, 0.2) is 9.84 Å². The molecule has 1 aromatic heterocycles. The van der Waals surface area contributed by atoms with Gasteiger partial charge in [0, 0.05) is 5.56 Å². The number of hydrogen-bond donors (Lipinski definition) is 1. The Labute approximate surface area is 149 Å². The van der Waals surface area contributed by atoms with Crippen LogP contribution in [0.15, 0.2) is 65.3 Å². The van der Waals surface area contributed by atoms with Crippen molar-refractivity contribution in [3.05, 3.63) is 72.4 Å². The number of nitrogens with zero attached hydrogens (tertiary/aromatic N) is 1. The summed E-state index contributed by atoms with van der Waals surface area (Å²) >= 11 is 0. The number of sulfone groups is 1. The minimum absolute atomic E-state index is 0.0690. The Bertz CT molecular complexity index is 1020. The third-order valence-electron chi connectivity index (χ3n) is 3.44. The summed E-state index contributed by atoms with van der Waals surface area (Å²) in [6.45, 7) is 0. The molecule has 8 heteroatoms. The second-order valence-electron chi connectivity index (χ2n) is 5.57. The minimum atomic E-state index is -3.79. The first-order valence-corrected chi connectivity index (χ1v) is 9.50. The molecule has 26 heavy (non-hydrogen) atoms. The van der Waals surface area contributed by atoms with Crippen molar-refractivity contribution in [3.8, 4) is 11.5 Å². The maximum absolute atomic E-state index is 13.5. The number of hydrogen-bond acceptors (Lipinski definition) is 5. The standard InChI is InChI=1S/C18H15FN2O4S/c19-15-8-4-5-9-16(15)21-17(22)12-26(23,24)11-14-10-25-18(20-14)13-6-2-1-3-7-13/h1-10H,11-12H2,(H,21,22). The molecular weight excluding hydrogens is 359 g/mol. The van der Waals surface area contributed by atoms with Gasteiger partial charge >= 0.3 is 0 Å². The Kier molecular flexibility index (Phi) is 5.13. The number of para-hydroxylation sites is 1. The largest absolute Gasteiger partial charge is 0.444 e. The van der Waals surface area contributed by atoms with Gasteiger partial charge < -0.3 is 9.73 Å². The molecule has 0 unspecified atom stereocenters. The molecule has 0 atom stereocenters. The van der Waals surface area contributed by atoms with Crippen LogP contribution in [0.1, 0.15) is 5.69 Å². The maximum atomic E-state index is 13.5. The zero-order chi connectivity index (χ0) is 18.6. The Morgan fingerprint density at radius 3 is 2.50 bits per heavy atom.